The van der Waals surface area contributed by atoms with Crippen LogP contribution in [0.1, 0.15) is 63.8 Å². The summed E-state index contributed by atoms with van der Waals surface area (Å²) in [5.41, 5.74) is 15.7. The van der Waals surface area contributed by atoms with Crippen molar-refractivity contribution in [3.8, 4) is 0 Å². The lowest BCUT2D eigenvalue weighted by Gasteiger charge is -2.24. The van der Waals surface area contributed by atoms with Crippen molar-refractivity contribution in [2.75, 3.05) is 44.5 Å². The molecule has 7 heterocycles. The van der Waals surface area contributed by atoms with Crippen LogP contribution in [0.15, 0.2) is 75.5 Å². The van der Waals surface area contributed by atoms with Gasteiger partial charge in [0.15, 0.2) is 0 Å². The van der Waals surface area contributed by atoms with Crippen molar-refractivity contribution in [3.63, 3.8) is 0 Å². The van der Waals surface area contributed by atoms with E-state index in [1.54, 1.807) is 12.5 Å². The normalized spacial score (nSPS) is 20.5. The van der Waals surface area contributed by atoms with Crippen LogP contribution in [0.5, 0.6) is 0 Å². The molecule has 2 atom stereocenters. The summed E-state index contributed by atoms with van der Waals surface area (Å²) in [5, 5.41) is 2.18. The first-order valence-corrected chi connectivity index (χ1v) is 17.6. The van der Waals surface area contributed by atoms with Gasteiger partial charge in [-0.1, -0.05) is 15.9 Å². The van der Waals surface area contributed by atoms with Crippen molar-refractivity contribution in [1.82, 2.24) is 14.5 Å². The maximum absolute atomic E-state index is 13.1. The van der Waals surface area contributed by atoms with E-state index in [0.717, 1.165) is 69.8 Å². The Kier molecular flexibility index (Phi) is 18.1. The number of hydrogen-bond donors (Lipinski definition) is 4. The highest BCUT2D eigenvalue weighted by molar-refractivity contribution is 9.11. The number of carbonyl (C=O) groups excluding carboxylic acids is 1. The molecule has 1 amide bonds. The number of rotatable bonds is 2. The van der Waals surface area contributed by atoms with Crippen LogP contribution >= 0.6 is 15.9 Å². The molecule has 286 valence electrons. The summed E-state index contributed by atoms with van der Waals surface area (Å²) in [6.45, 7) is 3.58. The van der Waals surface area contributed by atoms with Crippen LogP contribution in [0, 0.1) is 11.6 Å². The second-order valence-corrected chi connectivity index (χ2v) is 12.9. The molecule has 0 aromatic carbocycles. The molecular weight excluding hydrogens is 753 g/mol. The molecule has 0 aliphatic carbocycles. The van der Waals surface area contributed by atoms with E-state index in [9.17, 15) is 27.6 Å². The van der Waals surface area contributed by atoms with Gasteiger partial charge in [-0.15, -0.1) is 0 Å². The number of carbonyl (C=O) groups is 1. The summed E-state index contributed by atoms with van der Waals surface area (Å²) < 4.78 is 62.2. The molecule has 2 unspecified atom stereocenters. The molecule has 13 nitrogen and oxygen atoms in total. The smallest absolute Gasteiger partial charge is 0.278 e. The van der Waals surface area contributed by atoms with Crippen LogP contribution in [0.25, 0.3) is 5.70 Å². The Morgan fingerprint density at radius 2 is 1.50 bits per heavy atom. The number of allylic oxidation sites excluding steroid dienone is 3. The molecule has 0 spiro atoms. The minimum absolute atomic E-state index is 0.0197. The lowest BCUT2D eigenvalue weighted by molar-refractivity contribution is -0.121. The molecule has 7 rings (SSSR count). The number of anilines is 2. The number of hydrogen-bond acceptors (Lipinski definition) is 10. The average molecular weight is 800 g/mol. The van der Waals surface area contributed by atoms with Gasteiger partial charge in [0, 0.05) is 48.2 Å². The van der Waals surface area contributed by atoms with Crippen LogP contribution in [0.2, 0.25) is 0 Å². The highest BCUT2D eigenvalue weighted by Crippen LogP contribution is 2.19. The van der Waals surface area contributed by atoms with E-state index >= 15 is 0 Å². The highest BCUT2D eigenvalue weighted by atomic mass is 79.9. The zero-order valence-corrected chi connectivity index (χ0v) is 30.3. The Hall–Kier alpha value is -4.48. The Morgan fingerprint density at radius 3 is 1.98 bits per heavy atom. The number of nitrogens with two attached hydrogens (primary N) is 3. The number of nitrogens with one attached hydrogen (secondary N) is 1. The van der Waals surface area contributed by atoms with Gasteiger partial charge < -0.3 is 46.0 Å². The lowest BCUT2D eigenvalue weighted by atomic mass is 10.1. The van der Waals surface area contributed by atoms with E-state index in [0.29, 0.717) is 31.9 Å². The maximum Gasteiger partial charge on any atom is 0.278 e. The minimum atomic E-state index is -0.713. The van der Waals surface area contributed by atoms with E-state index in [2.05, 4.69) is 21.2 Å². The van der Waals surface area contributed by atoms with Crippen LogP contribution in [-0.2, 0) is 23.7 Å². The number of aromatic nitrogens is 2. The second kappa shape index (κ2) is 22.5. The summed E-state index contributed by atoms with van der Waals surface area (Å²) in [7, 11) is 0. The maximum atomic E-state index is 13.1. The van der Waals surface area contributed by atoms with Crippen LogP contribution in [0.3, 0.4) is 0 Å². The first-order valence-electron chi connectivity index (χ1n) is 16.8. The molecule has 2 aromatic rings. The molecule has 52 heavy (non-hydrogen) atoms. The SMILES string of the molecule is BrC1=COCCC1.C1=COCCC1.NC1CC(F)=CNC1=O.Nc1cc(F)cn(C2=COCCC2)c1=O.Nc1cc(F)cn(C2CCCOC2)c1=O. The fourth-order valence-corrected chi connectivity index (χ4v) is 5.36. The third-order valence-corrected chi connectivity index (χ3v) is 8.22. The molecule has 1 saturated heterocycles. The van der Waals surface area contributed by atoms with Crippen molar-refractivity contribution in [2.45, 2.75) is 69.9 Å². The van der Waals surface area contributed by atoms with Crippen molar-refractivity contribution >= 4 is 38.9 Å². The van der Waals surface area contributed by atoms with E-state index in [-0.39, 0.29) is 41.1 Å². The summed E-state index contributed by atoms with van der Waals surface area (Å²) >= 11 is 3.32. The Morgan fingerprint density at radius 1 is 0.827 bits per heavy atom. The fourth-order valence-electron chi connectivity index (χ4n) is 4.95. The average Bonchev–Trinajstić information content (AvgIpc) is 3.16. The van der Waals surface area contributed by atoms with Gasteiger partial charge in [0.05, 0.1) is 56.7 Å². The first kappa shape index (κ1) is 41.9. The molecule has 17 heteroatoms. The predicted octanol–water partition coefficient (Wildman–Crippen LogP) is 5.09. The minimum Gasteiger partial charge on any atom is -0.502 e. The zero-order chi connectivity index (χ0) is 37.9. The Labute approximate surface area is 308 Å². The largest absolute Gasteiger partial charge is 0.502 e. The Balaban J connectivity index is 0.000000184. The summed E-state index contributed by atoms with van der Waals surface area (Å²) in [4.78, 5) is 33.7. The quantitative estimate of drug-likeness (QED) is 0.319. The van der Waals surface area contributed by atoms with E-state index < -0.39 is 23.2 Å². The van der Waals surface area contributed by atoms with Crippen LogP contribution in [0.4, 0.5) is 24.5 Å². The van der Waals surface area contributed by atoms with Crippen molar-refractivity contribution in [1.29, 1.82) is 0 Å². The highest BCUT2D eigenvalue weighted by Gasteiger charge is 2.19. The number of nitrogens with zero attached hydrogens (tertiary/aromatic N) is 2. The number of amides is 1. The van der Waals surface area contributed by atoms with Crippen molar-refractivity contribution < 1.29 is 36.9 Å². The van der Waals surface area contributed by atoms with Gasteiger partial charge >= 0.3 is 0 Å². The number of ether oxygens (including phenoxy) is 4. The molecular formula is C35H46BrF3N6O7. The third-order valence-electron chi connectivity index (χ3n) is 7.64. The second-order valence-electron chi connectivity index (χ2n) is 11.9. The topological polar surface area (TPSA) is 188 Å². The van der Waals surface area contributed by atoms with Gasteiger partial charge in [-0.25, -0.2) is 13.2 Å². The van der Waals surface area contributed by atoms with Gasteiger partial charge in [0.1, 0.15) is 35.1 Å². The molecule has 0 bridgehead atoms. The fraction of sp³-hybridized carbons (Fsp3) is 0.457. The molecule has 5 aliphatic rings. The first-order chi connectivity index (χ1) is 25.0. The lowest BCUT2D eigenvalue weighted by Crippen LogP contribution is -2.41. The predicted molar refractivity (Wildman–Crippen MR) is 195 cm³/mol. The molecule has 1 fully saturated rings. The monoisotopic (exact) mass is 798 g/mol. The van der Waals surface area contributed by atoms with Gasteiger partial charge in [-0.05, 0) is 57.4 Å². The van der Waals surface area contributed by atoms with Gasteiger partial charge in [0.2, 0.25) is 5.91 Å². The van der Waals surface area contributed by atoms with Gasteiger partial charge in [-0.2, -0.15) is 0 Å². The molecule has 7 N–H and O–H groups in total. The number of nitrogen functional groups attached to an aromatic ring is 2. The van der Waals surface area contributed by atoms with E-state index in [1.807, 2.05) is 6.08 Å². The van der Waals surface area contributed by atoms with Gasteiger partial charge in [-0.3, -0.25) is 19.0 Å². The number of halogens is 4. The molecule has 5 aliphatic heterocycles. The summed E-state index contributed by atoms with van der Waals surface area (Å²) in [5.74, 6) is -1.71. The molecule has 2 aromatic heterocycles. The molecule has 0 radical (unpaired) electrons. The van der Waals surface area contributed by atoms with Gasteiger partial charge in [0.25, 0.3) is 11.1 Å². The van der Waals surface area contributed by atoms with Crippen LogP contribution < -0.4 is 33.6 Å². The summed E-state index contributed by atoms with van der Waals surface area (Å²) in [6.07, 6.45) is 18.3. The van der Waals surface area contributed by atoms with Crippen molar-refractivity contribution in [3.05, 3.63) is 98.2 Å². The Bertz CT molecular complexity index is 1700. The number of pyridine rings is 2. The zero-order valence-electron chi connectivity index (χ0n) is 28.7. The van der Waals surface area contributed by atoms with Crippen molar-refractivity contribution in [2.24, 2.45) is 5.73 Å². The molecule has 0 saturated carbocycles. The van der Waals surface area contributed by atoms with E-state index in [4.69, 9.17) is 36.1 Å². The van der Waals surface area contributed by atoms with E-state index in [1.165, 1.54) is 38.9 Å². The summed E-state index contributed by atoms with van der Waals surface area (Å²) in [6, 6.07) is 1.25. The van der Waals surface area contributed by atoms with Crippen LogP contribution in [-0.4, -0.2) is 54.1 Å². The standard InChI is InChI=1S/C10H13FN2O2.C10H11FN2O2.C5H7BrO.C5H7FN2O.C5H8O/c2*11-7-4-9(12)10(14)13(5-7)8-2-1-3-15-6-8;6-5-2-1-3-7-4-5;6-3-1-4(7)5(9)8-2-3;1-2-4-6-5-3-1/h4-5,8H,1-3,6,12H2;4-6H,1-3,12H2;4H,1-3H2;2,4H,1,7H2,(H,8,9);2,4H,1,3,5H2. The third kappa shape index (κ3) is 14.6.